The van der Waals surface area contributed by atoms with Gasteiger partial charge in [-0.15, -0.1) is 0 Å². The predicted molar refractivity (Wildman–Crippen MR) is 76.8 cm³/mol. The van der Waals surface area contributed by atoms with Crippen LogP contribution >= 0.6 is 0 Å². The van der Waals surface area contributed by atoms with E-state index in [1.54, 1.807) is 6.92 Å². The first-order valence-corrected chi connectivity index (χ1v) is 8.97. The van der Waals surface area contributed by atoms with Crippen LogP contribution in [0.25, 0.3) is 0 Å². The van der Waals surface area contributed by atoms with Crippen molar-refractivity contribution in [3.8, 4) is 0 Å². The first-order chi connectivity index (χ1) is 8.96. The summed E-state index contributed by atoms with van der Waals surface area (Å²) in [6.45, 7) is 5.66. The molecule has 5 nitrogen and oxygen atoms in total. The zero-order chi connectivity index (χ0) is 14.4. The van der Waals surface area contributed by atoms with Gasteiger partial charge in [-0.2, -0.15) is 0 Å². The Kier molecular flexibility index (Phi) is 6.26. The maximum atomic E-state index is 12.4. The van der Waals surface area contributed by atoms with Gasteiger partial charge in [0.1, 0.15) is 0 Å². The zero-order valence-corrected chi connectivity index (χ0v) is 12.8. The molecule has 1 amide bonds. The lowest BCUT2D eigenvalue weighted by Gasteiger charge is -2.36. The van der Waals surface area contributed by atoms with Crippen molar-refractivity contribution in [1.82, 2.24) is 10.6 Å². The van der Waals surface area contributed by atoms with Gasteiger partial charge in [-0.05, 0) is 32.4 Å². The third-order valence-electron chi connectivity index (χ3n) is 3.91. The maximum absolute atomic E-state index is 12.4. The molecule has 1 aliphatic rings. The van der Waals surface area contributed by atoms with Crippen LogP contribution in [0.15, 0.2) is 0 Å². The van der Waals surface area contributed by atoms with E-state index < -0.39 is 9.84 Å². The van der Waals surface area contributed by atoms with Gasteiger partial charge in [-0.3, -0.25) is 4.79 Å². The molecule has 0 radical (unpaired) electrons. The number of amides is 1. The molecule has 0 atom stereocenters. The van der Waals surface area contributed by atoms with Crippen LogP contribution in [-0.4, -0.2) is 45.5 Å². The number of hydrogen-bond donors (Lipinski definition) is 2. The number of piperidine rings is 1. The summed E-state index contributed by atoms with van der Waals surface area (Å²) in [5.41, 5.74) is -0.296. The second-order valence-electron chi connectivity index (χ2n) is 5.27. The van der Waals surface area contributed by atoms with Crippen molar-refractivity contribution in [1.29, 1.82) is 0 Å². The summed E-state index contributed by atoms with van der Waals surface area (Å²) in [4.78, 5) is 12.4. The summed E-state index contributed by atoms with van der Waals surface area (Å²) >= 11 is 0. The molecule has 0 aliphatic carbocycles. The number of nitrogens with one attached hydrogen (secondary N) is 2. The number of sulfone groups is 1. The third kappa shape index (κ3) is 4.76. The Hall–Kier alpha value is -0.620. The summed E-state index contributed by atoms with van der Waals surface area (Å²) in [7, 11) is -3.01. The molecule has 1 rings (SSSR count). The molecule has 0 spiro atoms. The van der Waals surface area contributed by atoms with Gasteiger partial charge in [0.05, 0.1) is 11.2 Å². The zero-order valence-electron chi connectivity index (χ0n) is 12.0. The molecule has 19 heavy (non-hydrogen) atoms. The van der Waals surface area contributed by atoms with Crippen molar-refractivity contribution in [2.45, 2.75) is 39.5 Å². The van der Waals surface area contributed by atoms with E-state index in [-0.39, 0.29) is 29.4 Å². The van der Waals surface area contributed by atoms with Crippen LogP contribution in [0.3, 0.4) is 0 Å². The average molecular weight is 290 g/mol. The summed E-state index contributed by atoms with van der Waals surface area (Å²) in [6.07, 6.45) is 3.53. The van der Waals surface area contributed by atoms with Crippen LogP contribution in [0, 0.1) is 5.41 Å². The van der Waals surface area contributed by atoms with Gasteiger partial charge in [0.15, 0.2) is 9.84 Å². The molecule has 0 aromatic carbocycles. The average Bonchev–Trinajstić information content (AvgIpc) is 2.40. The Morgan fingerprint density at radius 3 is 2.42 bits per heavy atom. The fourth-order valence-corrected chi connectivity index (χ4v) is 3.33. The second-order valence-corrected chi connectivity index (χ2v) is 7.75. The van der Waals surface area contributed by atoms with E-state index in [2.05, 4.69) is 17.6 Å². The predicted octanol–water partition coefficient (Wildman–Crippen LogP) is 0.707. The lowest BCUT2D eigenvalue weighted by Crippen LogP contribution is -2.48. The standard InChI is InChI=1S/C13H26N2O3S/c1-3-5-13(6-8-14-9-7-13)12(16)15-10-11-19(17,18)4-2/h14H,3-11H2,1-2H3,(H,15,16). The largest absolute Gasteiger partial charge is 0.355 e. The highest BCUT2D eigenvalue weighted by molar-refractivity contribution is 7.91. The Morgan fingerprint density at radius 1 is 1.26 bits per heavy atom. The minimum Gasteiger partial charge on any atom is -0.355 e. The lowest BCUT2D eigenvalue weighted by atomic mass is 9.74. The molecule has 6 heteroatoms. The highest BCUT2D eigenvalue weighted by Crippen LogP contribution is 2.34. The number of carbonyl (C=O) groups is 1. The van der Waals surface area contributed by atoms with Crippen LogP contribution in [0.5, 0.6) is 0 Å². The highest BCUT2D eigenvalue weighted by Gasteiger charge is 2.38. The van der Waals surface area contributed by atoms with Gasteiger partial charge in [0, 0.05) is 12.3 Å². The summed E-state index contributed by atoms with van der Waals surface area (Å²) < 4.78 is 22.8. The SMILES string of the molecule is CCCC1(C(=O)NCCS(=O)(=O)CC)CCNCC1. The van der Waals surface area contributed by atoms with Crippen molar-refractivity contribution in [3.63, 3.8) is 0 Å². The molecular weight excluding hydrogens is 264 g/mol. The molecular formula is C13H26N2O3S. The van der Waals surface area contributed by atoms with Crippen LogP contribution in [0.2, 0.25) is 0 Å². The first kappa shape index (κ1) is 16.4. The van der Waals surface area contributed by atoms with Gasteiger partial charge >= 0.3 is 0 Å². The number of carbonyl (C=O) groups excluding carboxylic acids is 1. The highest BCUT2D eigenvalue weighted by atomic mass is 32.2. The summed E-state index contributed by atoms with van der Waals surface area (Å²) in [6, 6.07) is 0. The van der Waals surface area contributed by atoms with Gasteiger partial charge in [0.25, 0.3) is 0 Å². The van der Waals surface area contributed by atoms with E-state index >= 15 is 0 Å². The van der Waals surface area contributed by atoms with E-state index in [1.165, 1.54) is 0 Å². The van der Waals surface area contributed by atoms with Crippen molar-refractivity contribution in [2.75, 3.05) is 31.1 Å². The van der Waals surface area contributed by atoms with Crippen LogP contribution in [0.4, 0.5) is 0 Å². The second kappa shape index (κ2) is 7.24. The van der Waals surface area contributed by atoms with Gasteiger partial charge in [-0.25, -0.2) is 8.42 Å². The quantitative estimate of drug-likeness (QED) is 0.724. The Balaban J connectivity index is 2.53. The summed E-state index contributed by atoms with van der Waals surface area (Å²) in [5.74, 6) is 0.199. The molecule has 112 valence electrons. The Bertz CT molecular complexity index is 381. The smallest absolute Gasteiger partial charge is 0.226 e. The fraction of sp³-hybridized carbons (Fsp3) is 0.923. The fourth-order valence-electron chi connectivity index (χ4n) is 2.63. The molecule has 0 saturated carbocycles. The van der Waals surface area contributed by atoms with Gasteiger partial charge < -0.3 is 10.6 Å². The van der Waals surface area contributed by atoms with Crippen molar-refractivity contribution in [3.05, 3.63) is 0 Å². The minimum atomic E-state index is -3.01. The van der Waals surface area contributed by atoms with Crippen molar-refractivity contribution >= 4 is 15.7 Å². The molecule has 2 N–H and O–H groups in total. The van der Waals surface area contributed by atoms with Crippen LogP contribution in [-0.2, 0) is 14.6 Å². The lowest BCUT2D eigenvalue weighted by molar-refractivity contribution is -0.133. The van der Waals surface area contributed by atoms with E-state index in [4.69, 9.17) is 0 Å². The monoisotopic (exact) mass is 290 g/mol. The molecule has 0 aromatic heterocycles. The van der Waals surface area contributed by atoms with Gasteiger partial charge in [-0.1, -0.05) is 20.3 Å². The molecule has 1 saturated heterocycles. The van der Waals surface area contributed by atoms with E-state index in [9.17, 15) is 13.2 Å². The Labute approximate surface area is 116 Å². The normalized spacial score (nSPS) is 19.1. The topological polar surface area (TPSA) is 75.3 Å². The molecule has 1 fully saturated rings. The van der Waals surface area contributed by atoms with Crippen LogP contribution in [0.1, 0.15) is 39.5 Å². The molecule has 1 heterocycles. The minimum absolute atomic E-state index is 0.0298. The molecule has 1 aliphatic heterocycles. The third-order valence-corrected chi connectivity index (χ3v) is 5.62. The van der Waals surface area contributed by atoms with E-state index in [0.29, 0.717) is 0 Å². The molecule has 0 bridgehead atoms. The summed E-state index contributed by atoms with van der Waals surface area (Å²) in [5, 5.41) is 6.09. The Morgan fingerprint density at radius 2 is 1.89 bits per heavy atom. The first-order valence-electron chi connectivity index (χ1n) is 7.15. The van der Waals surface area contributed by atoms with Gasteiger partial charge in [0.2, 0.25) is 5.91 Å². The maximum Gasteiger partial charge on any atom is 0.226 e. The van der Waals surface area contributed by atoms with Crippen molar-refractivity contribution in [2.24, 2.45) is 5.41 Å². The van der Waals surface area contributed by atoms with Crippen LogP contribution < -0.4 is 10.6 Å². The number of hydrogen-bond acceptors (Lipinski definition) is 4. The molecule has 0 unspecified atom stereocenters. The molecule has 0 aromatic rings. The van der Waals surface area contributed by atoms with E-state index in [1.807, 2.05) is 0 Å². The van der Waals surface area contributed by atoms with Crippen molar-refractivity contribution < 1.29 is 13.2 Å². The number of rotatable bonds is 7. The van der Waals surface area contributed by atoms with E-state index in [0.717, 1.165) is 38.8 Å².